The summed E-state index contributed by atoms with van der Waals surface area (Å²) in [6, 6.07) is 15.2. The molecule has 0 amide bonds. The van der Waals surface area contributed by atoms with Crippen molar-refractivity contribution in [2.24, 2.45) is 0 Å². The number of rotatable bonds is 5. The minimum absolute atomic E-state index is 0.0719. The Hall–Kier alpha value is -3.54. The maximum atomic E-state index is 13.1. The monoisotopic (exact) mass is 389 g/mol. The van der Waals surface area contributed by atoms with Crippen LogP contribution >= 0.6 is 0 Å². The van der Waals surface area contributed by atoms with Crippen molar-refractivity contribution in [2.45, 2.75) is 26.9 Å². The number of aromatic nitrogens is 3. The van der Waals surface area contributed by atoms with Gasteiger partial charge in [0.1, 0.15) is 5.82 Å². The van der Waals surface area contributed by atoms with E-state index >= 15 is 0 Å². The molecular weight excluding hydrogens is 369 g/mol. The summed E-state index contributed by atoms with van der Waals surface area (Å²) in [6.07, 6.45) is 1.42. The van der Waals surface area contributed by atoms with E-state index in [1.54, 1.807) is 30.3 Å². The van der Waals surface area contributed by atoms with Crippen LogP contribution in [0.1, 0.15) is 27.3 Å². The summed E-state index contributed by atoms with van der Waals surface area (Å²) < 4.78 is 16.5. The number of nitrogens with zero attached hydrogens (tertiary/aromatic N) is 3. The number of para-hydroxylation sites is 1. The number of Topliss-reactive ketones (excluding diaryl/α,β-unsaturated/α-hetero) is 1. The third-order valence-corrected chi connectivity index (χ3v) is 5.17. The molecule has 0 atom stereocenters. The van der Waals surface area contributed by atoms with Crippen molar-refractivity contribution in [3.8, 4) is 0 Å². The highest BCUT2D eigenvalue weighted by Crippen LogP contribution is 2.18. The van der Waals surface area contributed by atoms with E-state index in [-0.39, 0.29) is 23.7 Å². The van der Waals surface area contributed by atoms with Crippen LogP contribution in [0.5, 0.6) is 0 Å². The number of carbonyl (C=O) groups is 1. The molecule has 0 bridgehead atoms. The van der Waals surface area contributed by atoms with Crippen molar-refractivity contribution in [3.63, 3.8) is 0 Å². The molecule has 0 spiro atoms. The number of ketones is 1. The summed E-state index contributed by atoms with van der Waals surface area (Å²) in [6.45, 7) is 4.28. The van der Waals surface area contributed by atoms with Crippen molar-refractivity contribution < 1.29 is 9.18 Å². The molecule has 0 saturated carbocycles. The van der Waals surface area contributed by atoms with Crippen molar-refractivity contribution in [1.82, 2.24) is 14.1 Å². The smallest absolute Gasteiger partial charge is 0.261 e. The van der Waals surface area contributed by atoms with Gasteiger partial charge in [0.25, 0.3) is 5.56 Å². The number of hydrogen-bond acceptors (Lipinski definition) is 3. The number of hydrogen-bond donors (Lipinski definition) is 0. The van der Waals surface area contributed by atoms with Crippen molar-refractivity contribution in [1.29, 1.82) is 0 Å². The first-order valence-corrected chi connectivity index (χ1v) is 9.32. The van der Waals surface area contributed by atoms with E-state index in [1.807, 2.05) is 30.5 Å². The van der Waals surface area contributed by atoms with Crippen LogP contribution in [0.3, 0.4) is 0 Å². The van der Waals surface area contributed by atoms with Gasteiger partial charge in [0.15, 0.2) is 5.78 Å². The van der Waals surface area contributed by atoms with Gasteiger partial charge >= 0.3 is 0 Å². The van der Waals surface area contributed by atoms with Gasteiger partial charge in [-0.1, -0.05) is 24.3 Å². The maximum absolute atomic E-state index is 13.1. The SMILES string of the molecule is Cc1cc(C(=O)Cn2cnc3ccccc3c2=O)c(C)n1Cc1ccc(F)cc1. The van der Waals surface area contributed by atoms with Gasteiger partial charge in [0.2, 0.25) is 0 Å². The van der Waals surface area contributed by atoms with Crippen LogP contribution in [0.15, 0.2) is 65.7 Å². The zero-order valence-corrected chi connectivity index (χ0v) is 16.2. The Bertz CT molecular complexity index is 1270. The molecular formula is C23H20FN3O2. The maximum Gasteiger partial charge on any atom is 0.261 e. The lowest BCUT2D eigenvalue weighted by molar-refractivity contribution is 0.0970. The molecule has 146 valence electrons. The molecule has 0 aliphatic rings. The summed E-state index contributed by atoms with van der Waals surface area (Å²) in [7, 11) is 0. The van der Waals surface area contributed by atoms with Crippen LogP contribution in [0, 0.1) is 19.7 Å². The first-order chi connectivity index (χ1) is 13.9. The fourth-order valence-corrected chi connectivity index (χ4v) is 3.56. The van der Waals surface area contributed by atoms with Gasteiger partial charge in [0.05, 0.1) is 23.8 Å². The summed E-state index contributed by atoms with van der Waals surface area (Å²) in [4.78, 5) is 29.9. The quantitative estimate of drug-likeness (QED) is 0.487. The largest absolute Gasteiger partial charge is 0.344 e. The van der Waals surface area contributed by atoms with E-state index in [1.165, 1.54) is 23.0 Å². The molecule has 6 heteroatoms. The minimum atomic E-state index is -0.278. The van der Waals surface area contributed by atoms with Crippen molar-refractivity contribution in [3.05, 3.63) is 99.6 Å². The second-order valence-corrected chi connectivity index (χ2v) is 7.12. The Morgan fingerprint density at radius 1 is 1.07 bits per heavy atom. The van der Waals surface area contributed by atoms with Crippen LogP contribution in [-0.4, -0.2) is 19.9 Å². The molecule has 0 aliphatic heterocycles. The molecule has 0 saturated heterocycles. The van der Waals surface area contributed by atoms with Crippen LogP contribution in [0.25, 0.3) is 10.9 Å². The lowest BCUT2D eigenvalue weighted by Crippen LogP contribution is -2.25. The Morgan fingerprint density at radius 3 is 2.55 bits per heavy atom. The van der Waals surface area contributed by atoms with E-state index < -0.39 is 0 Å². The van der Waals surface area contributed by atoms with Gasteiger partial charge in [0, 0.05) is 23.5 Å². The minimum Gasteiger partial charge on any atom is -0.344 e. The summed E-state index contributed by atoms with van der Waals surface area (Å²) in [5.74, 6) is -0.428. The van der Waals surface area contributed by atoms with Crippen LogP contribution < -0.4 is 5.56 Å². The van der Waals surface area contributed by atoms with Crippen LogP contribution in [0.4, 0.5) is 4.39 Å². The Balaban J connectivity index is 1.62. The van der Waals surface area contributed by atoms with E-state index in [0.717, 1.165) is 17.0 Å². The number of aryl methyl sites for hydroxylation is 1. The standard InChI is InChI=1S/C23H20FN3O2/c1-15-11-20(16(2)27(15)12-17-7-9-18(24)10-8-17)22(28)13-26-14-25-21-6-4-3-5-19(21)23(26)29/h3-11,14H,12-13H2,1-2H3. The predicted molar refractivity (Wildman–Crippen MR) is 110 cm³/mol. The lowest BCUT2D eigenvalue weighted by Gasteiger charge is -2.10. The first-order valence-electron chi connectivity index (χ1n) is 9.32. The molecule has 0 aliphatic carbocycles. The summed E-state index contributed by atoms with van der Waals surface area (Å²) >= 11 is 0. The first kappa shape index (κ1) is 18.8. The predicted octanol–water partition coefficient (Wildman–Crippen LogP) is 3.89. The third kappa shape index (κ3) is 3.61. The van der Waals surface area contributed by atoms with Gasteiger partial charge in [-0.3, -0.25) is 14.2 Å². The van der Waals surface area contributed by atoms with E-state index in [4.69, 9.17) is 0 Å². The van der Waals surface area contributed by atoms with Crippen LogP contribution in [0.2, 0.25) is 0 Å². The second kappa shape index (κ2) is 7.47. The molecule has 4 aromatic rings. The fraction of sp³-hybridized carbons (Fsp3) is 0.174. The molecule has 0 radical (unpaired) electrons. The van der Waals surface area contributed by atoms with E-state index in [9.17, 15) is 14.0 Å². The van der Waals surface area contributed by atoms with Crippen molar-refractivity contribution >= 4 is 16.7 Å². The topological polar surface area (TPSA) is 56.9 Å². The molecule has 29 heavy (non-hydrogen) atoms. The summed E-state index contributed by atoms with van der Waals surface area (Å²) in [5, 5.41) is 0.490. The van der Waals surface area contributed by atoms with E-state index in [0.29, 0.717) is 23.0 Å². The van der Waals surface area contributed by atoms with Gasteiger partial charge in [-0.2, -0.15) is 0 Å². The molecule has 5 nitrogen and oxygen atoms in total. The molecule has 4 rings (SSSR count). The van der Waals surface area contributed by atoms with Gasteiger partial charge < -0.3 is 4.57 Å². The molecule has 2 aromatic heterocycles. The van der Waals surface area contributed by atoms with Gasteiger partial charge in [-0.05, 0) is 49.7 Å². The Labute approximate surface area is 167 Å². The van der Waals surface area contributed by atoms with Crippen molar-refractivity contribution in [2.75, 3.05) is 0 Å². The Kier molecular flexibility index (Phi) is 4.84. The fourth-order valence-electron chi connectivity index (χ4n) is 3.56. The molecule has 2 aromatic carbocycles. The lowest BCUT2D eigenvalue weighted by atomic mass is 10.1. The zero-order valence-electron chi connectivity index (χ0n) is 16.2. The zero-order chi connectivity index (χ0) is 20.5. The van der Waals surface area contributed by atoms with Gasteiger partial charge in [-0.25, -0.2) is 9.37 Å². The average Bonchev–Trinajstić information content (AvgIpc) is 3.00. The average molecular weight is 389 g/mol. The van der Waals surface area contributed by atoms with E-state index in [2.05, 4.69) is 4.98 Å². The number of halogens is 1. The third-order valence-electron chi connectivity index (χ3n) is 5.17. The second-order valence-electron chi connectivity index (χ2n) is 7.12. The summed E-state index contributed by atoms with van der Waals surface area (Å²) in [5.41, 5.74) is 3.65. The molecule has 0 unspecified atom stereocenters. The molecule has 0 fully saturated rings. The highest BCUT2D eigenvalue weighted by atomic mass is 19.1. The highest BCUT2D eigenvalue weighted by Gasteiger charge is 2.17. The van der Waals surface area contributed by atoms with Gasteiger partial charge in [-0.15, -0.1) is 0 Å². The molecule has 2 heterocycles. The number of carbonyl (C=O) groups excluding carboxylic acids is 1. The molecule has 0 N–H and O–H groups in total. The number of benzene rings is 2. The number of fused-ring (bicyclic) bond motifs is 1. The van der Waals surface area contributed by atoms with Crippen LogP contribution in [-0.2, 0) is 13.1 Å². The highest BCUT2D eigenvalue weighted by molar-refractivity contribution is 5.97. The normalized spacial score (nSPS) is 11.1. The Morgan fingerprint density at radius 2 is 1.79 bits per heavy atom.